The van der Waals surface area contributed by atoms with Crippen LogP contribution in [0.5, 0.6) is 0 Å². The van der Waals surface area contributed by atoms with Crippen molar-refractivity contribution in [1.82, 2.24) is 0 Å². The molecule has 1 aromatic carbocycles. The smallest absolute Gasteiger partial charge is 0.189 e. The maximum Gasteiger partial charge on any atom is 0.189 e. The van der Waals surface area contributed by atoms with Gasteiger partial charge in [0.2, 0.25) is 0 Å². The summed E-state index contributed by atoms with van der Waals surface area (Å²) in [6.07, 6.45) is 5.67. The average Bonchev–Trinajstić information content (AvgIpc) is 2.26. The first-order chi connectivity index (χ1) is 8.86. The summed E-state index contributed by atoms with van der Waals surface area (Å²) in [6, 6.07) is 3.23. The van der Waals surface area contributed by atoms with E-state index >= 15 is 0 Å². The van der Waals surface area contributed by atoms with Crippen LogP contribution in [0.3, 0.4) is 0 Å². The van der Waals surface area contributed by atoms with E-state index in [1.807, 2.05) is 32.1 Å². The fourth-order valence-electron chi connectivity index (χ4n) is 1.57. The van der Waals surface area contributed by atoms with Gasteiger partial charge in [-0.15, -0.1) is 0 Å². The first-order valence-corrected chi connectivity index (χ1v) is 7.33. The Morgan fingerprint density at radius 3 is 2.26 bits per heavy atom. The Bertz CT molecular complexity index is 566. The molecule has 1 unspecified atom stereocenters. The Morgan fingerprint density at radius 1 is 1.37 bits per heavy atom. The van der Waals surface area contributed by atoms with Crippen LogP contribution in [0.25, 0.3) is 5.57 Å². The molecule has 0 bridgehead atoms. The van der Waals surface area contributed by atoms with Crippen LogP contribution in [-0.4, -0.2) is 8.76 Å². The zero-order valence-corrected chi connectivity index (χ0v) is 12.9. The maximum atomic E-state index is 11.1. The van der Waals surface area contributed by atoms with Gasteiger partial charge in [-0.25, -0.2) is 4.21 Å². The summed E-state index contributed by atoms with van der Waals surface area (Å²) >= 11 is 9.79. The normalized spacial score (nSPS) is 13.8. The molecule has 1 rings (SSSR count). The van der Waals surface area contributed by atoms with E-state index in [4.69, 9.17) is 27.8 Å². The van der Waals surface area contributed by atoms with Crippen molar-refractivity contribution in [2.45, 2.75) is 18.7 Å². The summed E-state index contributed by atoms with van der Waals surface area (Å²) < 4.78 is 20.3. The van der Waals surface area contributed by atoms with Crippen molar-refractivity contribution in [1.29, 1.82) is 0 Å². The Hall–Kier alpha value is -0.870. The van der Waals surface area contributed by atoms with E-state index in [0.717, 1.165) is 16.7 Å². The number of rotatable bonds is 4. The lowest BCUT2D eigenvalue weighted by Crippen LogP contribution is -1.93. The van der Waals surface area contributed by atoms with Crippen LogP contribution in [0.1, 0.15) is 19.4 Å². The third-order valence-electron chi connectivity index (χ3n) is 2.25. The topological polar surface area (TPSA) is 37.3 Å². The van der Waals surface area contributed by atoms with Crippen molar-refractivity contribution < 1.29 is 8.76 Å². The van der Waals surface area contributed by atoms with E-state index in [1.54, 1.807) is 12.1 Å². The number of hydrogen-bond acceptors (Lipinski definition) is 1. The van der Waals surface area contributed by atoms with Crippen LogP contribution < -0.4 is 0 Å². The molecule has 0 aliphatic heterocycles. The zero-order chi connectivity index (χ0) is 14.6. The Labute approximate surface area is 125 Å². The molecule has 0 fully saturated rings. The summed E-state index contributed by atoms with van der Waals surface area (Å²) in [7, 11) is 0. The predicted octanol–water partition coefficient (Wildman–Crippen LogP) is 5.11. The zero-order valence-electron chi connectivity index (χ0n) is 10.6. The molecule has 19 heavy (non-hydrogen) atoms. The molecule has 0 saturated carbocycles. The Morgan fingerprint density at radius 2 is 1.89 bits per heavy atom. The third kappa shape index (κ3) is 4.32. The van der Waals surface area contributed by atoms with Gasteiger partial charge in [-0.1, -0.05) is 53.6 Å². The molecule has 2 nitrogen and oxygen atoms in total. The van der Waals surface area contributed by atoms with E-state index in [9.17, 15) is 4.21 Å². The molecule has 0 aliphatic carbocycles. The molecule has 0 amide bonds. The van der Waals surface area contributed by atoms with Crippen LogP contribution in [0, 0.1) is 0 Å². The molecule has 5 heteroatoms. The highest BCUT2D eigenvalue weighted by atomic mass is 35.5. The van der Waals surface area contributed by atoms with Gasteiger partial charge in [0.05, 0.1) is 10.0 Å². The second kappa shape index (κ2) is 7.06. The molecule has 1 aromatic rings. The highest BCUT2D eigenvalue weighted by Gasteiger charge is 2.14. The summed E-state index contributed by atoms with van der Waals surface area (Å²) in [5.41, 5.74) is 2.54. The van der Waals surface area contributed by atoms with Gasteiger partial charge in [-0.2, -0.15) is 0 Å². The van der Waals surface area contributed by atoms with E-state index in [1.165, 1.54) is 0 Å². The lowest BCUT2D eigenvalue weighted by Gasteiger charge is -2.08. The summed E-state index contributed by atoms with van der Waals surface area (Å²) in [5, 5.41) is 0.334. The minimum atomic E-state index is -2.21. The fourth-order valence-corrected chi connectivity index (χ4v) is 2.90. The molecule has 0 aliphatic rings. The lowest BCUT2D eigenvalue weighted by atomic mass is 10.0. The van der Waals surface area contributed by atoms with Crippen LogP contribution in [-0.2, 0) is 11.1 Å². The average molecular weight is 317 g/mol. The van der Waals surface area contributed by atoms with Crippen molar-refractivity contribution in [3.05, 3.63) is 58.1 Å². The van der Waals surface area contributed by atoms with Crippen LogP contribution in [0.15, 0.2) is 47.4 Å². The number of allylic oxidation sites excluding steroid dienone is 5. The van der Waals surface area contributed by atoms with Gasteiger partial charge in [0.15, 0.2) is 11.1 Å². The molecule has 0 heterocycles. The minimum absolute atomic E-state index is 0.0298. The predicted molar refractivity (Wildman–Crippen MR) is 83.1 cm³/mol. The molecule has 102 valence electrons. The highest BCUT2D eigenvalue weighted by molar-refractivity contribution is 7.79. The monoisotopic (exact) mass is 316 g/mol. The highest BCUT2D eigenvalue weighted by Crippen LogP contribution is 2.32. The van der Waals surface area contributed by atoms with Crippen molar-refractivity contribution >= 4 is 39.9 Å². The number of benzene rings is 1. The second-order valence-electron chi connectivity index (χ2n) is 3.96. The lowest BCUT2D eigenvalue weighted by molar-refractivity contribution is 0.564. The van der Waals surface area contributed by atoms with E-state index in [-0.39, 0.29) is 14.9 Å². The summed E-state index contributed by atoms with van der Waals surface area (Å²) in [5.74, 6) is 0. The van der Waals surface area contributed by atoms with Crippen molar-refractivity contribution in [3.8, 4) is 0 Å². The molecule has 0 aromatic heterocycles. The van der Waals surface area contributed by atoms with Crippen LogP contribution in [0.2, 0.25) is 10.0 Å². The molecular weight excluding hydrogens is 303 g/mol. The van der Waals surface area contributed by atoms with Gasteiger partial charge in [0.25, 0.3) is 0 Å². The van der Waals surface area contributed by atoms with Crippen LogP contribution >= 0.6 is 23.2 Å². The third-order valence-corrected chi connectivity index (χ3v) is 3.86. The van der Waals surface area contributed by atoms with E-state index in [2.05, 4.69) is 6.58 Å². The van der Waals surface area contributed by atoms with Crippen LogP contribution in [0.4, 0.5) is 0 Å². The Kier molecular flexibility index (Phi) is 6.01. The first-order valence-electron chi connectivity index (χ1n) is 5.47. The fraction of sp³-hybridized carbons (Fsp3) is 0.143. The standard InChI is InChI=1S/C14H14Cl2O2S/c1-4-5-10(6-9(2)3)11-7-12(15)14(19(17)18)13(16)8-11/h4-8H,2H2,1,3H3,(H,17,18)/b5-4-,10-6+. The van der Waals surface area contributed by atoms with E-state index < -0.39 is 11.1 Å². The second-order valence-corrected chi connectivity index (χ2v) is 5.69. The quantitative estimate of drug-likeness (QED) is 0.619. The number of halogens is 2. The van der Waals surface area contributed by atoms with Crippen molar-refractivity contribution in [3.63, 3.8) is 0 Å². The van der Waals surface area contributed by atoms with E-state index in [0.29, 0.717) is 0 Å². The summed E-state index contributed by atoms with van der Waals surface area (Å²) in [6.45, 7) is 7.60. The SMILES string of the molecule is C=C(C)/C=C(\C=C/C)c1cc(Cl)c(S(=O)O)c(Cl)c1. The Balaban J connectivity index is 3.43. The molecule has 1 atom stereocenters. The minimum Gasteiger partial charge on any atom is -0.302 e. The number of hydrogen-bond donors (Lipinski definition) is 1. The summed E-state index contributed by atoms with van der Waals surface area (Å²) in [4.78, 5) is 0.0298. The van der Waals surface area contributed by atoms with Gasteiger partial charge in [-0.05, 0) is 37.1 Å². The first kappa shape index (κ1) is 16.2. The molecule has 0 radical (unpaired) electrons. The van der Waals surface area contributed by atoms with Gasteiger partial charge >= 0.3 is 0 Å². The molecule has 1 N–H and O–H groups in total. The van der Waals surface area contributed by atoms with Gasteiger partial charge in [-0.3, -0.25) is 0 Å². The molecular formula is C14H14Cl2O2S. The van der Waals surface area contributed by atoms with Crippen molar-refractivity contribution in [2.75, 3.05) is 0 Å². The van der Waals surface area contributed by atoms with Crippen molar-refractivity contribution in [2.24, 2.45) is 0 Å². The van der Waals surface area contributed by atoms with Gasteiger partial charge in [0, 0.05) is 0 Å². The maximum absolute atomic E-state index is 11.1. The molecule has 0 saturated heterocycles. The molecule has 0 spiro atoms. The van der Waals surface area contributed by atoms with Gasteiger partial charge < -0.3 is 4.55 Å². The van der Waals surface area contributed by atoms with Gasteiger partial charge in [0.1, 0.15) is 4.90 Å². The largest absolute Gasteiger partial charge is 0.302 e.